The zero-order valence-corrected chi connectivity index (χ0v) is 13.6. The number of hydrogen-bond donors (Lipinski definition) is 0. The fourth-order valence-electron chi connectivity index (χ4n) is 3.82. The number of carbonyl (C=O) groups excluding carboxylic acids is 1. The van der Waals surface area contributed by atoms with Crippen LogP contribution in [-0.4, -0.2) is 42.4 Å². The normalized spacial score (nSPS) is 22.3. The maximum Gasteiger partial charge on any atom is 0.222 e. The molecule has 0 bridgehead atoms. The van der Waals surface area contributed by atoms with Gasteiger partial charge in [-0.2, -0.15) is 0 Å². The Balaban J connectivity index is 1.57. The summed E-state index contributed by atoms with van der Waals surface area (Å²) in [5, 5.41) is 0. The predicted molar refractivity (Wildman–Crippen MR) is 85.0 cm³/mol. The van der Waals surface area contributed by atoms with E-state index < -0.39 is 0 Å². The maximum atomic E-state index is 13.6. The van der Waals surface area contributed by atoms with E-state index in [1.807, 2.05) is 24.1 Å². The van der Waals surface area contributed by atoms with Crippen LogP contribution in [0.4, 0.5) is 4.39 Å². The first kappa shape index (κ1) is 15.5. The van der Waals surface area contributed by atoms with E-state index in [9.17, 15) is 9.18 Å². The Morgan fingerprint density at radius 3 is 2.59 bits per heavy atom. The molecule has 2 heterocycles. The number of likely N-dealkylation sites (tertiary alicyclic amines) is 2. The lowest BCUT2D eigenvalue weighted by atomic mass is 9.72. The van der Waals surface area contributed by atoms with Crippen LogP contribution in [0.3, 0.4) is 0 Å². The van der Waals surface area contributed by atoms with Crippen molar-refractivity contribution >= 4 is 5.91 Å². The summed E-state index contributed by atoms with van der Waals surface area (Å²) in [6.07, 6.45) is 4.00. The highest BCUT2D eigenvalue weighted by Gasteiger charge is 2.39. The van der Waals surface area contributed by atoms with Crippen LogP contribution in [0, 0.1) is 18.2 Å². The Kier molecular flexibility index (Phi) is 4.22. The number of amides is 1. The lowest BCUT2D eigenvalue weighted by Crippen LogP contribution is -2.50. The summed E-state index contributed by atoms with van der Waals surface area (Å²) in [5.74, 6) is 0.168. The average molecular weight is 304 g/mol. The fourth-order valence-corrected chi connectivity index (χ4v) is 3.82. The van der Waals surface area contributed by atoms with Crippen LogP contribution in [0.15, 0.2) is 18.2 Å². The van der Waals surface area contributed by atoms with E-state index in [0.29, 0.717) is 17.4 Å². The highest BCUT2D eigenvalue weighted by Crippen LogP contribution is 2.40. The smallest absolute Gasteiger partial charge is 0.222 e. The standard InChI is InChI=1S/C18H25FN2O/c1-14-3-4-15(11-16(14)19)12-21-9-7-18(8-10-21)6-5-17(22)20(2)13-18/h3-4,11H,5-10,12-13H2,1-2H3. The molecule has 0 saturated carbocycles. The van der Waals surface area contributed by atoms with Gasteiger partial charge in [0.2, 0.25) is 5.91 Å². The molecule has 0 N–H and O–H groups in total. The van der Waals surface area contributed by atoms with Crippen LogP contribution in [0.5, 0.6) is 0 Å². The minimum Gasteiger partial charge on any atom is -0.345 e. The Bertz CT molecular complexity index is 564. The van der Waals surface area contributed by atoms with Crippen molar-refractivity contribution < 1.29 is 9.18 Å². The second-order valence-electron chi connectivity index (χ2n) is 7.11. The third-order valence-corrected chi connectivity index (χ3v) is 5.43. The molecule has 2 aliphatic heterocycles. The number of benzene rings is 1. The maximum absolute atomic E-state index is 13.6. The Morgan fingerprint density at radius 2 is 1.95 bits per heavy atom. The highest BCUT2D eigenvalue weighted by atomic mass is 19.1. The summed E-state index contributed by atoms with van der Waals surface area (Å²) in [6, 6.07) is 5.54. The molecule has 4 heteroatoms. The van der Waals surface area contributed by atoms with Gasteiger partial charge in [0.05, 0.1) is 0 Å². The largest absolute Gasteiger partial charge is 0.345 e. The van der Waals surface area contributed by atoms with Crippen molar-refractivity contribution in [1.82, 2.24) is 9.80 Å². The summed E-state index contributed by atoms with van der Waals surface area (Å²) in [6.45, 7) is 5.60. The summed E-state index contributed by atoms with van der Waals surface area (Å²) < 4.78 is 13.6. The van der Waals surface area contributed by atoms with E-state index in [0.717, 1.165) is 51.0 Å². The van der Waals surface area contributed by atoms with Gasteiger partial charge in [-0.05, 0) is 61.9 Å². The Morgan fingerprint density at radius 1 is 1.23 bits per heavy atom. The zero-order valence-electron chi connectivity index (χ0n) is 13.6. The van der Waals surface area contributed by atoms with E-state index in [1.54, 1.807) is 13.0 Å². The van der Waals surface area contributed by atoms with Crippen molar-refractivity contribution in [3.05, 3.63) is 35.1 Å². The Labute approximate surface area is 132 Å². The molecule has 2 aliphatic rings. The molecule has 2 saturated heterocycles. The van der Waals surface area contributed by atoms with Gasteiger partial charge >= 0.3 is 0 Å². The molecule has 22 heavy (non-hydrogen) atoms. The molecule has 0 atom stereocenters. The number of nitrogens with zero attached hydrogens (tertiary/aromatic N) is 2. The molecule has 1 amide bonds. The molecule has 0 aliphatic carbocycles. The van der Waals surface area contributed by atoms with Crippen LogP contribution in [0.25, 0.3) is 0 Å². The number of carbonyl (C=O) groups is 1. The number of piperidine rings is 2. The van der Waals surface area contributed by atoms with E-state index in [1.165, 1.54) is 0 Å². The molecule has 0 radical (unpaired) electrons. The van der Waals surface area contributed by atoms with Gasteiger partial charge in [-0.15, -0.1) is 0 Å². The first-order valence-corrected chi connectivity index (χ1v) is 8.19. The molecule has 1 aromatic carbocycles. The second kappa shape index (κ2) is 5.99. The van der Waals surface area contributed by atoms with Gasteiger partial charge in [0.15, 0.2) is 0 Å². The summed E-state index contributed by atoms with van der Waals surface area (Å²) in [5.41, 5.74) is 2.07. The third-order valence-electron chi connectivity index (χ3n) is 5.43. The second-order valence-corrected chi connectivity index (χ2v) is 7.11. The van der Waals surface area contributed by atoms with E-state index in [-0.39, 0.29) is 11.7 Å². The van der Waals surface area contributed by atoms with Gasteiger partial charge in [0.25, 0.3) is 0 Å². The molecule has 0 unspecified atom stereocenters. The molecule has 1 aromatic rings. The molecular weight excluding hydrogens is 279 g/mol. The van der Waals surface area contributed by atoms with Gasteiger partial charge in [0.1, 0.15) is 5.82 Å². The molecule has 3 nitrogen and oxygen atoms in total. The predicted octanol–water partition coefficient (Wildman–Crippen LogP) is 2.97. The summed E-state index contributed by atoms with van der Waals surface area (Å²) in [4.78, 5) is 16.0. The first-order valence-electron chi connectivity index (χ1n) is 8.19. The summed E-state index contributed by atoms with van der Waals surface area (Å²) >= 11 is 0. The topological polar surface area (TPSA) is 23.6 Å². The number of rotatable bonds is 2. The molecule has 2 fully saturated rings. The van der Waals surface area contributed by atoms with E-state index in [4.69, 9.17) is 0 Å². The molecular formula is C18H25FN2O. The van der Waals surface area contributed by atoms with Crippen LogP contribution in [-0.2, 0) is 11.3 Å². The SMILES string of the molecule is Cc1ccc(CN2CCC3(CCC(=O)N(C)C3)CC2)cc1F. The fraction of sp³-hybridized carbons (Fsp3) is 0.611. The van der Waals surface area contributed by atoms with Gasteiger partial charge in [-0.1, -0.05) is 12.1 Å². The van der Waals surface area contributed by atoms with Crippen LogP contribution in [0.1, 0.15) is 36.8 Å². The minimum absolute atomic E-state index is 0.113. The number of halogens is 1. The molecule has 120 valence electrons. The lowest BCUT2D eigenvalue weighted by Gasteiger charge is -2.46. The van der Waals surface area contributed by atoms with Crippen LogP contribution >= 0.6 is 0 Å². The first-order chi connectivity index (χ1) is 10.5. The van der Waals surface area contributed by atoms with Crippen LogP contribution in [0.2, 0.25) is 0 Å². The third kappa shape index (κ3) is 3.17. The van der Waals surface area contributed by atoms with E-state index in [2.05, 4.69) is 4.90 Å². The van der Waals surface area contributed by atoms with Crippen molar-refractivity contribution in [1.29, 1.82) is 0 Å². The van der Waals surface area contributed by atoms with Crippen molar-refractivity contribution in [2.45, 2.75) is 39.2 Å². The van der Waals surface area contributed by atoms with Crippen molar-refractivity contribution in [2.24, 2.45) is 5.41 Å². The molecule has 0 aromatic heterocycles. The number of aryl methyl sites for hydroxylation is 1. The van der Waals surface area contributed by atoms with Gasteiger partial charge in [-0.3, -0.25) is 9.69 Å². The van der Waals surface area contributed by atoms with Crippen molar-refractivity contribution in [3.63, 3.8) is 0 Å². The zero-order chi connectivity index (χ0) is 15.7. The monoisotopic (exact) mass is 304 g/mol. The summed E-state index contributed by atoms with van der Waals surface area (Å²) in [7, 11) is 1.92. The lowest BCUT2D eigenvalue weighted by molar-refractivity contribution is -0.137. The van der Waals surface area contributed by atoms with Gasteiger partial charge < -0.3 is 4.90 Å². The van der Waals surface area contributed by atoms with Crippen molar-refractivity contribution in [3.8, 4) is 0 Å². The minimum atomic E-state index is -0.113. The van der Waals surface area contributed by atoms with Crippen molar-refractivity contribution in [2.75, 3.05) is 26.7 Å². The van der Waals surface area contributed by atoms with Gasteiger partial charge in [0, 0.05) is 26.6 Å². The molecule has 1 spiro atoms. The molecule has 3 rings (SSSR count). The Hall–Kier alpha value is -1.42. The number of hydrogen-bond acceptors (Lipinski definition) is 2. The van der Waals surface area contributed by atoms with Crippen LogP contribution < -0.4 is 0 Å². The van der Waals surface area contributed by atoms with Gasteiger partial charge in [-0.25, -0.2) is 4.39 Å². The highest BCUT2D eigenvalue weighted by molar-refractivity contribution is 5.76. The van der Waals surface area contributed by atoms with E-state index >= 15 is 0 Å². The average Bonchev–Trinajstić information content (AvgIpc) is 2.50. The quantitative estimate of drug-likeness (QED) is 0.838.